The number of ether oxygens (including phenoxy) is 2. The van der Waals surface area contributed by atoms with E-state index in [0.717, 1.165) is 0 Å². The van der Waals surface area contributed by atoms with Crippen LogP contribution in [0.4, 0.5) is 0 Å². The van der Waals surface area contributed by atoms with Crippen LogP contribution >= 0.6 is 0 Å². The first-order valence-corrected chi connectivity index (χ1v) is 19.7. The van der Waals surface area contributed by atoms with Gasteiger partial charge in [-0.1, -0.05) is 0 Å². The number of hydrogen-bond acceptors (Lipinski definition) is 4. The monoisotopic (exact) mass is 528 g/mol. The molecule has 0 saturated heterocycles. The number of hydrogen-bond donors (Lipinski definition) is 0. The van der Waals surface area contributed by atoms with Gasteiger partial charge < -0.3 is 0 Å². The number of carbonyl (C=O) groups is 2. The van der Waals surface area contributed by atoms with E-state index in [1.54, 1.807) is 6.92 Å². The fraction of sp³-hybridized carbons (Fsp3) is 0.760. The number of esters is 2. The summed E-state index contributed by atoms with van der Waals surface area (Å²) in [6.45, 7) is 8.54. The van der Waals surface area contributed by atoms with Crippen molar-refractivity contribution in [2.45, 2.75) is 96.8 Å². The summed E-state index contributed by atoms with van der Waals surface area (Å²) in [4.78, 5) is 25.1. The Bertz CT molecular complexity index is 548. The number of rotatable bonds is 16. The van der Waals surface area contributed by atoms with Crippen LogP contribution in [0.15, 0.2) is 12.2 Å². The Hall–Kier alpha value is -0.961. The first-order valence-electron chi connectivity index (χ1n) is 11.6. The molecule has 0 unspecified atom stereocenters. The van der Waals surface area contributed by atoms with Crippen LogP contribution < -0.4 is 0 Å². The molecule has 0 aromatic rings. The number of allylic oxidation sites excluding steroid dienone is 2. The van der Waals surface area contributed by atoms with E-state index >= 15 is 0 Å². The summed E-state index contributed by atoms with van der Waals surface area (Å²) < 4.78 is 15.4. The van der Waals surface area contributed by atoms with Gasteiger partial charge in [0.05, 0.1) is 0 Å². The quantitative estimate of drug-likeness (QED) is 0.0754. The van der Waals surface area contributed by atoms with Gasteiger partial charge >= 0.3 is 190 Å². The summed E-state index contributed by atoms with van der Waals surface area (Å²) in [5.41, 5.74) is -1.38. The Labute approximate surface area is 189 Å². The van der Waals surface area contributed by atoms with E-state index in [1.807, 2.05) is 6.08 Å². The SMILES string of the molecule is CC#CCC(C/C=C/[CH2][Sn]([CH2]CCC)([CH2]CCC)[CH2]CCC)(C(=O)OC)C(=O)OC. The molecule has 0 amide bonds. The summed E-state index contributed by atoms with van der Waals surface area (Å²) >= 11 is -2.27. The van der Waals surface area contributed by atoms with E-state index in [0.29, 0.717) is 0 Å². The molecule has 0 N–H and O–H groups in total. The molecular formula is C25H44O4Sn. The summed E-state index contributed by atoms with van der Waals surface area (Å²) in [6, 6.07) is 0. The Morgan fingerprint density at radius 1 is 0.867 bits per heavy atom. The Kier molecular flexibility index (Phi) is 16.2. The molecule has 172 valence electrons. The molecule has 0 aromatic heterocycles. The van der Waals surface area contributed by atoms with Crippen molar-refractivity contribution in [2.75, 3.05) is 14.2 Å². The molecule has 5 heteroatoms. The fourth-order valence-corrected chi connectivity index (χ4v) is 19.3. The molecule has 0 bridgehead atoms. The average molecular weight is 527 g/mol. The van der Waals surface area contributed by atoms with E-state index in [2.05, 4.69) is 38.7 Å². The molecule has 0 aliphatic heterocycles. The first-order chi connectivity index (χ1) is 14.4. The third kappa shape index (κ3) is 9.45. The van der Waals surface area contributed by atoms with Crippen LogP contribution in [0.2, 0.25) is 17.7 Å². The van der Waals surface area contributed by atoms with Crippen LogP contribution in [0, 0.1) is 17.3 Å². The molecule has 0 radical (unpaired) electrons. The fourth-order valence-electron chi connectivity index (χ4n) is 4.05. The van der Waals surface area contributed by atoms with Crippen LogP contribution in [0.5, 0.6) is 0 Å². The molecule has 0 atom stereocenters. The number of methoxy groups -OCH3 is 2. The van der Waals surface area contributed by atoms with Crippen molar-refractivity contribution in [1.82, 2.24) is 0 Å². The zero-order chi connectivity index (χ0) is 22.9. The zero-order valence-electron chi connectivity index (χ0n) is 20.3. The van der Waals surface area contributed by atoms with Crippen molar-refractivity contribution in [3.05, 3.63) is 12.2 Å². The van der Waals surface area contributed by atoms with E-state index in [-0.39, 0.29) is 12.8 Å². The minimum atomic E-state index is -2.27. The second-order valence-corrected chi connectivity index (χ2v) is 22.4. The van der Waals surface area contributed by atoms with Crippen LogP contribution in [0.25, 0.3) is 0 Å². The normalized spacial score (nSPS) is 11.8. The Balaban J connectivity index is 5.61. The molecule has 0 rings (SSSR count). The maximum atomic E-state index is 12.5. The van der Waals surface area contributed by atoms with Gasteiger partial charge in [-0.15, -0.1) is 0 Å². The van der Waals surface area contributed by atoms with E-state index < -0.39 is 35.7 Å². The van der Waals surface area contributed by atoms with Crippen LogP contribution in [-0.4, -0.2) is 44.5 Å². The molecule has 4 nitrogen and oxygen atoms in total. The second kappa shape index (κ2) is 16.7. The van der Waals surface area contributed by atoms with Gasteiger partial charge in [-0.2, -0.15) is 0 Å². The summed E-state index contributed by atoms with van der Waals surface area (Å²) in [5, 5.41) is 0. The predicted molar refractivity (Wildman–Crippen MR) is 128 cm³/mol. The minimum absolute atomic E-state index is 0.114. The van der Waals surface area contributed by atoms with Gasteiger partial charge in [-0.25, -0.2) is 0 Å². The van der Waals surface area contributed by atoms with Gasteiger partial charge in [0, 0.05) is 0 Å². The van der Waals surface area contributed by atoms with Gasteiger partial charge in [0.25, 0.3) is 0 Å². The second-order valence-electron chi connectivity index (χ2n) is 8.36. The molecule has 0 heterocycles. The van der Waals surface area contributed by atoms with Crippen molar-refractivity contribution in [3.63, 3.8) is 0 Å². The van der Waals surface area contributed by atoms with Crippen LogP contribution in [0.1, 0.15) is 79.1 Å². The van der Waals surface area contributed by atoms with Crippen molar-refractivity contribution in [2.24, 2.45) is 5.41 Å². The molecule has 0 saturated carbocycles. The predicted octanol–water partition coefficient (Wildman–Crippen LogP) is 6.53. The van der Waals surface area contributed by atoms with Crippen molar-refractivity contribution in [1.29, 1.82) is 0 Å². The summed E-state index contributed by atoms with van der Waals surface area (Å²) in [6.07, 6.45) is 12.4. The maximum absolute atomic E-state index is 12.5. The molecule has 0 spiro atoms. The van der Waals surface area contributed by atoms with E-state index in [9.17, 15) is 9.59 Å². The Morgan fingerprint density at radius 2 is 1.33 bits per heavy atom. The third-order valence-electron chi connectivity index (χ3n) is 6.09. The first kappa shape index (κ1) is 29.0. The third-order valence-corrected chi connectivity index (χ3v) is 21.3. The standard InChI is InChI=1S/C13H17O4.3C4H9.Sn/c1-5-7-9-13(10-8-6-2,11(14)16-3)12(15)17-4;3*1-3-4-2;/h5,7H,1,9-10H2,2-4H3;3*1,3-4H2,2H3;/b7-5+;;;;. The van der Waals surface area contributed by atoms with Crippen molar-refractivity contribution in [3.8, 4) is 11.8 Å². The molecule has 0 aliphatic rings. The average Bonchev–Trinajstić information content (AvgIpc) is 2.78. The van der Waals surface area contributed by atoms with Gasteiger partial charge in [-0.3, -0.25) is 0 Å². The Morgan fingerprint density at radius 3 is 1.70 bits per heavy atom. The van der Waals surface area contributed by atoms with E-state index in [1.165, 1.54) is 70.5 Å². The molecule has 0 aliphatic carbocycles. The molecule has 30 heavy (non-hydrogen) atoms. The van der Waals surface area contributed by atoms with Gasteiger partial charge in [-0.05, 0) is 0 Å². The van der Waals surface area contributed by atoms with Crippen molar-refractivity contribution < 1.29 is 19.1 Å². The molecular weight excluding hydrogens is 483 g/mol. The zero-order valence-corrected chi connectivity index (χ0v) is 23.1. The van der Waals surface area contributed by atoms with E-state index in [4.69, 9.17) is 9.47 Å². The van der Waals surface area contributed by atoms with Gasteiger partial charge in [0.2, 0.25) is 0 Å². The van der Waals surface area contributed by atoms with Gasteiger partial charge in [0.1, 0.15) is 0 Å². The number of unbranched alkanes of at least 4 members (excludes halogenated alkanes) is 3. The summed E-state index contributed by atoms with van der Waals surface area (Å²) in [7, 11) is 2.62. The summed E-state index contributed by atoms with van der Waals surface area (Å²) in [5.74, 6) is 4.53. The van der Waals surface area contributed by atoms with Crippen LogP contribution in [-0.2, 0) is 19.1 Å². The topological polar surface area (TPSA) is 52.6 Å². The van der Waals surface area contributed by atoms with Crippen molar-refractivity contribution >= 4 is 30.3 Å². The molecule has 0 fully saturated rings. The molecule has 0 aromatic carbocycles. The number of carbonyl (C=O) groups excluding carboxylic acids is 2. The van der Waals surface area contributed by atoms with Crippen LogP contribution in [0.3, 0.4) is 0 Å². The van der Waals surface area contributed by atoms with Gasteiger partial charge in [0.15, 0.2) is 0 Å².